The van der Waals surface area contributed by atoms with Crippen molar-refractivity contribution in [2.75, 3.05) is 7.05 Å². The Labute approximate surface area is 120 Å². The van der Waals surface area contributed by atoms with Crippen molar-refractivity contribution >= 4 is 22.5 Å². The van der Waals surface area contributed by atoms with Crippen molar-refractivity contribution in [2.24, 2.45) is 0 Å². The van der Waals surface area contributed by atoms with Gasteiger partial charge in [0, 0.05) is 11.6 Å². The van der Waals surface area contributed by atoms with Gasteiger partial charge in [0.15, 0.2) is 5.82 Å². The number of benzene rings is 1. The van der Waals surface area contributed by atoms with E-state index in [1.165, 1.54) is 0 Å². The number of halogens is 1. The van der Waals surface area contributed by atoms with Crippen LogP contribution in [0.1, 0.15) is 18.8 Å². The Morgan fingerprint density at radius 1 is 1.30 bits per heavy atom. The first-order valence-electron chi connectivity index (χ1n) is 6.21. The van der Waals surface area contributed by atoms with E-state index in [1.807, 2.05) is 38.2 Å². The molecule has 3 aromatic rings. The summed E-state index contributed by atoms with van der Waals surface area (Å²) in [6.45, 7) is 1.99. The van der Waals surface area contributed by atoms with Crippen LogP contribution in [0.2, 0.25) is 5.02 Å². The van der Waals surface area contributed by atoms with Gasteiger partial charge in [-0.15, -0.1) is 5.10 Å². The van der Waals surface area contributed by atoms with Gasteiger partial charge in [0.1, 0.15) is 0 Å². The van der Waals surface area contributed by atoms with E-state index >= 15 is 0 Å². The van der Waals surface area contributed by atoms with Gasteiger partial charge in [0.25, 0.3) is 0 Å². The van der Waals surface area contributed by atoms with Gasteiger partial charge >= 0.3 is 0 Å². The summed E-state index contributed by atoms with van der Waals surface area (Å²) >= 11 is 6.21. The zero-order valence-electron chi connectivity index (χ0n) is 11.1. The quantitative estimate of drug-likeness (QED) is 0.800. The smallest absolute Gasteiger partial charge is 0.173 e. The number of hydrogen-bond donors (Lipinski definition) is 1. The standard InChI is InChI=1S/C13H13ClN6/c1-8(15-2)13-17-18-19-20(13)11-6-5-10(14)9-4-3-7-16-12(9)11/h3-8,15H,1-2H3. The molecule has 0 aliphatic carbocycles. The first kappa shape index (κ1) is 13.0. The van der Waals surface area contributed by atoms with Crippen molar-refractivity contribution in [3.8, 4) is 5.69 Å². The molecule has 6 nitrogen and oxygen atoms in total. The second kappa shape index (κ2) is 5.15. The Hall–Kier alpha value is -2.05. The molecule has 0 aliphatic heterocycles. The number of nitrogens with one attached hydrogen (secondary N) is 1. The molecule has 1 unspecified atom stereocenters. The van der Waals surface area contributed by atoms with Crippen molar-refractivity contribution in [1.29, 1.82) is 0 Å². The molecule has 1 N–H and O–H groups in total. The summed E-state index contributed by atoms with van der Waals surface area (Å²) in [6.07, 6.45) is 1.73. The summed E-state index contributed by atoms with van der Waals surface area (Å²) in [7, 11) is 1.86. The SMILES string of the molecule is CNC(C)c1nnnn1-c1ccc(Cl)c2cccnc12. The van der Waals surface area contributed by atoms with Crippen LogP contribution < -0.4 is 5.32 Å². The Morgan fingerprint density at radius 3 is 2.95 bits per heavy atom. The molecule has 0 bridgehead atoms. The highest BCUT2D eigenvalue weighted by Crippen LogP contribution is 2.27. The summed E-state index contributed by atoms with van der Waals surface area (Å²) in [5, 5.41) is 16.6. The molecule has 0 spiro atoms. The second-order valence-corrected chi connectivity index (χ2v) is 4.83. The lowest BCUT2D eigenvalue weighted by Crippen LogP contribution is -2.18. The van der Waals surface area contributed by atoms with Crippen LogP contribution in [0.4, 0.5) is 0 Å². The molecule has 1 aromatic carbocycles. The molecule has 0 fully saturated rings. The molecule has 3 rings (SSSR count). The first-order chi connectivity index (χ1) is 9.72. The number of rotatable bonds is 3. The zero-order valence-corrected chi connectivity index (χ0v) is 11.8. The summed E-state index contributed by atoms with van der Waals surface area (Å²) < 4.78 is 1.69. The molecule has 0 radical (unpaired) electrons. The maximum atomic E-state index is 6.21. The highest BCUT2D eigenvalue weighted by Gasteiger charge is 2.17. The molecule has 0 saturated heterocycles. The third-order valence-electron chi connectivity index (χ3n) is 3.24. The van der Waals surface area contributed by atoms with E-state index in [0.717, 1.165) is 22.4 Å². The van der Waals surface area contributed by atoms with E-state index in [1.54, 1.807) is 10.9 Å². The van der Waals surface area contributed by atoms with E-state index in [0.29, 0.717) is 5.02 Å². The number of tetrazole rings is 1. The molecule has 1 atom stereocenters. The predicted molar refractivity (Wildman–Crippen MR) is 76.9 cm³/mol. The number of nitrogens with zero attached hydrogens (tertiary/aromatic N) is 5. The topological polar surface area (TPSA) is 68.5 Å². The van der Waals surface area contributed by atoms with Crippen LogP contribution in [0.25, 0.3) is 16.6 Å². The Morgan fingerprint density at radius 2 is 2.15 bits per heavy atom. The van der Waals surface area contributed by atoms with Crippen molar-refractivity contribution in [3.63, 3.8) is 0 Å². The van der Waals surface area contributed by atoms with Crippen LogP contribution in [0.5, 0.6) is 0 Å². The first-order valence-corrected chi connectivity index (χ1v) is 6.59. The van der Waals surface area contributed by atoms with Crippen LogP contribution >= 0.6 is 11.6 Å². The minimum Gasteiger partial charge on any atom is -0.311 e. The Balaban J connectivity index is 2.26. The molecule has 20 heavy (non-hydrogen) atoms. The minimum absolute atomic E-state index is 0.0273. The van der Waals surface area contributed by atoms with Gasteiger partial charge in [0.2, 0.25) is 0 Å². The molecular formula is C13H13ClN6. The average molecular weight is 289 g/mol. The molecule has 7 heteroatoms. The van der Waals surface area contributed by atoms with E-state index in [4.69, 9.17) is 11.6 Å². The molecule has 2 aromatic heterocycles. The summed E-state index contributed by atoms with van der Waals surface area (Å²) in [5.41, 5.74) is 1.59. The van der Waals surface area contributed by atoms with Gasteiger partial charge in [0.05, 0.1) is 22.3 Å². The summed E-state index contributed by atoms with van der Waals surface area (Å²) in [6, 6.07) is 7.52. The average Bonchev–Trinajstić information content (AvgIpc) is 2.96. The highest BCUT2D eigenvalue weighted by atomic mass is 35.5. The lowest BCUT2D eigenvalue weighted by atomic mass is 10.2. The maximum Gasteiger partial charge on any atom is 0.173 e. The monoisotopic (exact) mass is 288 g/mol. The fourth-order valence-electron chi connectivity index (χ4n) is 2.06. The van der Waals surface area contributed by atoms with Crippen LogP contribution in [-0.4, -0.2) is 32.2 Å². The van der Waals surface area contributed by atoms with Crippen molar-refractivity contribution in [2.45, 2.75) is 13.0 Å². The number of hydrogen-bond acceptors (Lipinski definition) is 5. The predicted octanol–water partition coefficient (Wildman–Crippen LogP) is 2.14. The molecular weight excluding hydrogens is 276 g/mol. The molecule has 0 saturated carbocycles. The van der Waals surface area contributed by atoms with Gasteiger partial charge in [-0.25, -0.2) is 0 Å². The Kier molecular flexibility index (Phi) is 3.33. The van der Waals surface area contributed by atoms with Crippen LogP contribution in [0, 0.1) is 0 Å². The van der Waals surface area contributed by atoms with Crippen LogP contribution in [-0.2, 0) is 0 Å². The summed E-state index contributed by atoms with van der Waals surface area (Å²) in [4.78, 5) is 4.40. The van der Waals surface area contributed by atoms with Gasteiger partial charge in [-0.1, -0.05) is 11.6 Å². The lowest BCUT2D eigenvalue weighted by molar-refractivity contribution is 0.589. The Bertz CT molecular complexity index is 753. The fraction of sp³-hybridized carbons (Fsp3) is 0.231. The normalized spacial score (nSPS) is 12.8. The zero-order chi connectivity index (χ0) is 14.1. The van der Waals surface area contributed by atoms with Gasteiger partial charge in [-0.05, 0) is 48.7 Å². The summed E-state index contributed by atoms with van der Waals surface area (Å²) in [5.74, 6) is 0.724. The van der Waals surface area contributed by atoms with Crippen LogP contribution in [0.15, 0.2) is 30.5 Å². The third kappa shape index (κ3) is 2.03. The number of fused-ring (bicyclic) bond motifs is 1. The largest absolute Gasteiger partial charge is 0.311 e. The van der Waals surface area contributed by atoms with E-state index in [9.17, 15) is 0 Å². The van der Waals surface area contributed by atoms with Crippen LogP contribution in [0.3, 0.4) is 0 Å². The highest BCUT2D eigenvalue weighted by molar-refractivity contribution is 6.35. The van der Waals surface area contributed by atoms with Gasteiger partial charge in [-0.3, -0.25) is 4.98 Å². The maximum absolute atomic E-state index is 6.21. The van der Waals surface area contributed by atoms with Gasteiger partial charge in [-0.2, -0.15) is 4.68 Å². The molecule has 0 amide bonds. The number of pyridine rings is 1. The van der Waals surface area contributed by atoms with E-state index < -0.39 is 0 Å². The van der Waals surface area contributed by atoms with Crippen molar-refractivity contribution in [3.05, 3.63) is 41.3 Å². The fourth-order valence-corrected chi connectivity index (χ4v) is 2.27. The lowest BCUT2D eigenvalue weighted by Gasteiger charge is -2.12. The van der Waals surface area contributed by atoms with E-state index in [-0.39, 0.29) is 6.04 Å². The second-order valence-electron chi connectivity index (χ2n) is 4.43. The minimum atomic E-state index is 0.0273. The third-order valence-corrected chi connectivity index (χ3v) is 3.57. The molecule has 102 valence electrons. The molecule has 2 heterocycles. The van der Waals surface area contributed by atoms with E-state index in [2.05, 4.69) is 25.8 Å². The van der Waals surface area contributed by atoms with Gasteiger partial charge < -0.3 is 5.32 Å². The van der Waals surface area contributed by atoms with Crippen molar-refractivity contribution < 1.29 is 0 Å². The van der Waals surface area contributed by atoms with Crippen molar-refractivity contribution in [1.82, 2.24) is 30.5 Å². The molecule has 0 aliphatic rings. The number of aromatic nitrogens is 5.